The fraction of sp³-hybridized carbons (Fsp3) is 0.857. The highest BCUT2D eigenvalue weighted by Crippen LogP contribution is 2.29. The van der Waals surface area contributed by atoms with E-state index in [2.05, 4.69) is 0 Å². The van der Waals surface area contributed by atoms with Crippen molar-refractivity contribution < 1.29 is 9.90 Å². The molecule has 0 aromatic heterocycles. The standard InChI is InChI=1S/C7H13NO2/c1-8(5-7(9)10)4-6-2-3-6/h6H,2-5H2,1H3,(H,9,10). The molecule has 0 aliphatic heterocycles. The molecule has 1 aliphatic carbocycles. The molecule has 0 radical (unpaired) electrons. The lowest BCUT2D eigenvalue weighted by molar-refractivity contribution is -0.138. The van der Waals surface area contributed by atoms with Gasteiger partial charge < -0.3 is 5.11 Å². The first kappa shape index (κ1) is 7.54. The van der Waals surface area contributed by atoms with E-state index in [9.17, 15) is 4.79 Å². The lowest BCUT2D eigenvalue weighted by Crippen LogP contribution is -2.27. The van der Waals surface area contributed by atoms with E-state index in [0.717, 1.165) is 12.5 Å². The lowest BCUT2D eigenvalue weighted by atomic mass is 10.4. The Labute approximate surface area is 60.6 Å². The number of likely N-dealkylation sites (N-methyl/N-ethyl adjacent to an activating group) is 1. The summed E-state index contributed by atoms with van der Waals surface area (Å²) in [6, 6.07) is 0. The Balaban J connectivity index is 2.07. The van der Waals surface area contributed by atoms with Gasteiger partial charge in [-0.05, 0) is 25.8 Å². The first-order chi connectivity index (χ1) is 4.68. The SMILES string of the molecule is CN(CC(=O)O)CC1CC1. The zero-order chi connectivity index (χ0) is 7.56. The minimum atomic E-state index is -0.733. The zero-order valence-corrected chi connectivity index (χ0v) is 6.21. The van der Waals surface area contributed by atoms with E-state index >= 15 is 0 Å². The number of carboxylic acids is 1. The summed E-state index contributed by atoms with van der Waals surface area (Å²) in [5.74, 6) is 0.0486. The molecule has 0 spiro atoms. The van der Waals surface area contributed by atoms with Crippen molar-refractivity contribution in [2.45, 2.75) is 12.8 Å². The number of carbonyl (C=O) groups is 1. The Hall–Kier alpha value is -0.570. The molecule has 0 unspecified atom stereocenters. The maximum absolute atomic E-state index is 10.2. The Morgan fingerprint density at radius 3 is 2.70 bits per heavy atom. The number of hydrogen-bond acceptors (Lipinski definition) is 2. The van der Waals surface area contributed by atoms with Crippen LogP contribution in [0.3, 0.4) is 0 Å². The van der Waals surface area contributed by atoms with Crippen molar-refractivity contribution in [3.05, 3.63) is 0 Å². The number of hydrogen-bond donors (Lipinski definition) is 1. The van der Waals surface area contributed by atoms with E-state index in [0.29, 0.717) is 0 Å². The summed E-state index contributed by atoms with van der Waals surface area (Å²) in [4.78, 5) is 12.0. The van der Waals surface area contributed by atoms with Crippen LogP contribution in [0.15, 0.2) is 0 Å². The zero-order valence-electron chi connectivity index (χ0n) is 6.21. The first-order valence-electron chi connectivity index (χ1n) is 3.59. The van der Waals surface area contributed by atoms with Crippen LogP contribution in [0, 0.1) is 5.92 Å². The Bertz CT molecular complexity index is 132. The van der Waals surface area contributed by atoms with E-state index in [4.69, 9.17) is 5.11 Å². The molecule has 0 saturated heterocycles. The molecule has 1 N–H and O–H groups in total. The van der Waals surface area contributed by atoms with E-state index in [1.807, 2.05) is 11.9 Å². The molecule has 1 rings (SSSR count). The van der Waals surface area contributed by atoms with Gasteiger partial charge in [0, 0.05) is 6.54 Å². The van der Waals surface area contributed by atoms with Crippen molar-refractivity contribution in [1.29, 1.82) is 0 Å². The summed E-state index contributed by atoms with van der Waals surface area (Å²) < 4.78 is 0. The van der Waals surface area contributed by atoms with Crippen molar-refractivity contribution >= 4 is 5.97 Å². The second-order valence-corrected chi connectivity index (χ2v) is 3.03. The predicted octanol–water partition coefficient (Wildman–Crippen LogP) is 0.413. The van der Waals surface area contributed by atoms with Gasteiger partial charge in [0.25, 0.3) is 0 Å². The van der Waals surface area contributed by atoms with Crippen LogP contribution in [0.25, 0.3) is 0 Å². The van der Waals surface area contributed by atoms with Crippen LogP contribution in [0.1, 0.15) is 12.8 Å². The van der Waals surface area contributed by atoms with E-state index in [1.165, 1.54) is 12.8 Å². The molecule has 0 amide bonds. The van der Waals surface area contributed by atoms with Gasteiger partial charge in [-0.25, -0.2) is 0 Å². The van der Waals surface area contributed by atoms with Crippen LogP contribution in [-0.4, -0.2) is 36.1 Å². The normalized spacial score (nSPS) is 17.8. The molecule has 1 saturated carbocycles. The number of rotatable bonds is 4. The number of carboxylic acid groups (broad SMARTS) is 1. The van der Waals surface area contributed by atoms with Gasteiger partial charge in [-0.2, -0.15) is 0 Å². The molecule has 0 aromatic rings. The molecular weight excluding hydrogens is 130 g/mol. The van der Waals surface area contributed by atoms with Gasteiger partial charge in [0.05, 0.1) is 6.54 Å². The summed E-state index contributed by atoms with van der Waals surface area (Å²) in [5.41, 5.74) is 0. The van der Waals surface area contributed by atoms with Gasteiger partial charge in [0.2, 0.25) is 0 Å². The minimum Gasteiger partial charge on any atom is -0.480 e. The molecule has 0 heterocycles. The summed E-state index contributed by atoms with van der Waals surface area (Å²) >= 11 is 0. The third-order valence-corrected chi connectivity index (χ3v) is 1.67. The van der Waals surface area contributed by atoms with Gasteiger partial charge in [-0.3, -0.25) is 9.69 Å². The first-order valence-corrected chi connectivity index (χ1v) is 3.59. The molecule has 0 aromatic carbocycles. The van der Waals surface area contributed by atoms with Crippen molar-refractivity contribution in [1.82, 2.24) is 4.90 Å². The largest absolute Gasteiger partial charge is 0.480 e. The molecule has 0 bridgehead atoms. The fourth-order valence-corrected chi connectivity index (χ4v) is 1.04. The van der Waals surface area contributed by atoms with Gasteiger partial charge >= 0.3 is 5.97 Å². The molecule has 1 aliphatic rings. The third kappa shape index (κ3) is 2.82. The number of nitrogens with zero attached hydrogens (tertiary/aromatic N) is 1. The Morgan fingerprint density at radius 2 is 2.30 bits per heavy atom. The van der Waals surface area contributed by atoms with Crippen molar-refractivity contribution in [3.8, 4) is 0 Å². The molecule has 1 fully saturated rings. The van der Waals surface area contributed by atoms with Crippen LogP contribution in [-0.2, 0) is 4.79 Å². The summed E-state index contributed by atoms with van der Waals surface area (Å²) in [6.45, 7) is 1.13. The highest BCUT2D eigenvalue weighted by Gasteiger charge is 2.23. The Kier molecular flexibility index (Phi) is 2.27. The topological polar surface area (TPSA) is 40.5 Å². The average molecular weight is 143 g/mol. The van der Waals surface area contributed by atoms with Crippen LogP contribution in [0.2, 0.25) is 0 Å². The van der Waals surface area contributed by atoms with Crippen molar-refractivity contribution in [2.75, 3.05) is 20.1 Å². The predicted molar refractivity (Wildman–Crippen MR) is 37.9 cm³/mol. The summed E-state index contributed by atoms with van der Waals surface area (Å²) in [5, 5.41) is 8.38. The lowest BCUT2D eigenvalue weighted by Gasteiger charge is -2.11. The average Bonchev–Trinajstić information content (AvgIpc) is 2.46. The van der Waals surface area contributed by atoms with Crippen LogP contribution >= 0.6 is 0 Å². The molecular formula is C7H13NO2. The van der Waals surface area contributed by atoms with Crippen LogP contribution < -0.4 is 0 Å². The van der Waals surface area contributed by atoms with Gasteiger partial charge in [0.15, 0.2) is 0 Å². The Morgan fingerprint density at radius 1 is 1.70 bits per heavy atom. The van der Waals surface area contributed by atoms with Gasteiger partial charge in [0.1, 0.15) is 0 Å². The van der Waals surface area contributed by atoms with Crippen molar-refractivity contribution in [3.63, 3.8) is 0 Å². The highest BCUT2D eigenvalue weighted by atomic mass is 16.4. The van der Waals surface area contributed by atoms with E-state index in [-0.39, 0.29) is 6.54 Å². The quantitative estimate of drug-likeness (QED) is 0.619. The van der Waals surface area contributed by atoms with Crippen LogP contribution in [0.5, 0.6) is 0 Å². The third-order valence-electron chi connectivity index (χ3n) is 1.67. The number of aliphatic carboxylic acids is 1. The molecule has 58 valence electrons. The van der Waals surface area contributed by atoms with Crippen molar-refractivity contribution in [2.24, 2.45) is 5.92 Å². The molecule has 0 atom stereocenters. The fourth-order valence-electron chi connectivity index (χ4n) is 1.04. The van der Waals surface area contributed by atoms with E-state index in [1.54, 1.807) is 0 Å². The summed E-state index contributed by atoms with van der Waals surface area (Å²) in [7, 11) is 1.85. The van der Waals surface area contributed by atoms with E-state index < -0.39 is 5.97 Å². The van der Waals surface area contributed by atoms with Gasteiger partial charge in [-0.1, -0.05) is 0 Å². The minimum absolute atomic E-state index is 0.177. The maximum Gasteiger partial charge on any atom is 0.317 e. The highest BCUT2D eigenvalue weighted by molar-refractivity contribution is 5.68. The smallest absolute Gasteiger partial charge is 0.317 e. The van der Waals surface area contributed by atoms with Crippen LogP contribution in [0.4, 0.5) is 0 Å². The second-order valence-electron chi connectivity index (χ2n) is 3.03. The second kappa shape index (κ2) is 3.01. The van der Waals surface area contributed by atoms with Gasteiger partial charge in [-0.15, -0.1) is 0 Å². The monoisotopic (exact) mass is 143 g/mol. The molecule has 3 heteroatoms. The molecule has 10 heavy (non-hydrogen) atoms. The molecule has 3 nitrogen and oxygen atoms in total. The summed E-state index contributed by atoms with van der Waals surface area (Å²) in [6.07, 6.45) is 2.56. The maximum atomic E-state index is 10.2.